The number of pyridine rings is 1. The standard InChI is InChI=1S/C29H34N6O3/c1-17(2)35-16-19(4)26-22(27(36)31-15-23-18(3)12-20(5)32-28(23)37)13-21(14-25(26)35)24-6-7-30-29(33-24)34-8-10-38-11-9-34/h6-7,12-14,16-17H,8-11,15H2,1-5H3,(H,31,36)(H,32,37). The number of morpholine rings is 1. The second-order valence-electron chi connectivity index (χ2n) is 10.2. The first-order chi connectivity index (χ1) is 18.2. The van der Waals surface area contributed by atoms with E-state index in [2.05, 4.69) is 50.9 Å². The van der Waals surface area contributed by atoms with Gasteiger partial charge in [-0.1, -0.05) is 0 Å². The zero-order valence-corrected chi connectivity index (χ0v) is 22.6. The van der Waals surface area contributed by atoms with E-state index in [0.29, 0.717) is 30.3 Å². The van der Waals surface area contributed by atoms with Gasteiger partial charge < -0.3 is 24.5 Å². The summed E-state index contributed by atoms with van der Waals surface area (Å²) in [4.78, 5) is 40.5. The van der Waals surface area contributed by atoms with E-state index in [4.69, 9.17) is 9.72 Å². The zero-order valence-electron chi connectivity index (χ0n) is 22.6. The summed E-state index contributed by atoms with van der Waals surface area (Å²) in [5.41, 5.74) is 6.15. The third kappa shape index (κ3) is 4.93. The van der Waals surface area contributed by atoms with Crippen molar-refractivity contribution in [1.82, 2.24) is 24.8 Å². The molecule has 0 aliphatic carbocycles. The van der Waals surface area contributed by atoms with Crippen molar-refractivity contribution in [3.8, 4) is 11.3 Å². The summed E-state index contributed by atoms with van der Waals surface area (Å²) in [7, 11) is 0. The number of rotatable bonds is 6. The van der Waals surface area contributed by atoms with Crippen molar-refractivity contribution < 1.29 is 9.53 Å². The molecule has 1 saturated heterocycles. The fraction of sp³-hybridized carbons (Fsp3) is 0.379. The largest absolute Gasteiger partial charge is 0.378 e. The van der Waals surface area contributed by atoms with Crippen molar-refractivity contribution in [2.24, 2.45) is 0 Å². The Morgan fingerprint density at radius 3 is 2.61 bits per heavy atom. The molecule has 198 valence electrons. The highest BCUT2D eigenvalue weighted by molar-refractivity contribution is 6.09. The third-order valence-electron chi connectivity index (χ3n) is 7.08. The molecule has 1 aromatic carbocycles. The summed E-state index contributed by atoms with van der Waals surface area (Å²) in [6.45, 7) is 12.9. The van der Waals surface area contributed by atoms with Gasteiger partial charge in [0.05, 0.1) is 18.9 Å². The maximum atomic E-state index is 13.7. The number of aromatic amines is 1. The van der Waals surface area contributed by atoms with E-state index in [9.17, 15) is 9.59 Å². The summed E-state index contributed by atoms with van der Waals surface area (Å²) in [6, 6.07) is 7.99. The Labute approximate surface area is 221 Å². The molecule has 38 heavy (non-hydrogen) atoms. The number of carbonyl (C=O) groups excluding carboxylic acids is 1. The quantitative estimate of drug-likeness (QED) is 0.402. The number of H-pyrrole nitrogens is 1. The van der Waals surface area contributed by atoms with Gasteiger partial charge in [0, 0.05) is 71.4 Å². The van der Waals surface area contributed by atoms with E-state index in [1.165, 1.54) is 0 Å². The number of amides is 1. The van der Waals surface area contributed by atoms with E-state index in [0.717, 1.165) is 52.1 Å². The monoisotopic (exact) mass is 514 g/mol. The van der Waals surface area contributed by atoms with Crippen LogP contribution in [-0.4, -0.2) is 51.7 Å². The van der Waals surface area contributed by atoms with E-state index < -0.39 is 0 Å². The molecule has 9 heteroatoms. The molecule has 5 rings (SSSR count). The number of fused-ring (bicyclic) bond motifs is 1. The van der Waals surface area contributed by atoms with Crippen LogP contribution in [0.3, 0.4) is 0 Å². The van der Waals surface area contributed by atoms with Gasteiger partial charge in [-0.25, -0.2) is 9.97 Å². The van der Waals surface area contributed by atoms with Gasteiger partial charge in [-0.05, 0) is 70.0 Å². The summed E-state index contributed by atoms with van der Waals surface area (Å²) >= 11 is 0. The minimum absolute atomic E-state index is 0.143. The Kier molecular flexibility index (Phi) is 7.03. The van der Waals surface area contributed by atoms with Crippen molar-refractivity contribution in [2.75, 3.05) is 31.2 Å². The molecule has 0 bridgehead atoms. The molecule has 3 aromatic heterocycles. The van der Waals surface area contributed by atoms with E-state index in [-0.39, 0.29) is 24.1 Å². The molecule has 0 atom stereocenters. The van der Waals surface area contributed by atoms with Crippen LogP contribution in [0, 0.1) is 20.8 Å². The minimum atomic E-state index is -0.233. The van der Waals surface area contributed by atoms with Crippen molar-refractivity contribution in [2.45, 2.75) is 47.2 Å². The lowest BCUT2D eigenvalue weighted by molar-refractivity contribution is 0.0952. The third-order valence-corrected chi connectivity index (χ3v) is 7.08. The first kappa shape index (κ1) is 25.7. The molecule has 1 aliphatic rings. The number of carbonyl (C=O) groups is 1. The summed E-state index contributed by atoms with van der Waals surface area (Å²) in [6.07, 6.45) is 3.85. The Balaban J connectivity index is 1.57. The molecule has 9 nitrogen and oxygen atoms in total. The molecular formula is C29H34N6O3. The van der Waals surface area contributed by atoms with Gasteiger partial charge in [0.1, 0.15) is 0 Å². The Hall–Kier alpha value is -3.98. The highest BCUT2D eigenvalue weighted by Crippen LogP contribution is 2.33. The molecule has 0 saturated carbocycles. The predicted molar refractivity (Wildman–Crippen MR) is 149 cm³/mol. The fourth-order valence-corrected chi connectivity index (χ4v) is 5.13. The van der Waals surface area contributed by atoms with Crippen LogP contribution in [0.25, 0.3) is 22.2 Å². The van der Waals surface area contributed by atoms with Crippen LogP contribution >= 0.6 is 0 Å². The number of aryl methyl sites for hydroxylation is 3. The number of benzene rings is 1. The summed E-state index contributed by atoms with van der Waals surface area (Å²) in [5.74, 6) is 0.421. The average Bonchev–Trinajstić information content (AvgIpc) is 3.24. The SMILES string of the molecule is Cc1cc(C)c(CNC(=O)c2cc(-c3ccnc(N4CCOCC4)n3)cc3c2c(C)cn3C(C)C)c(=O)[nH]1. The van der Waals surface area contributed by atoms with Crippen LogP contribution in [-0.2, 0) is 11.3 Å². The van der Waals surface area contributed by atoms with Gasteiger partial charge in [-0.2, -0.15) is 0 Å². The van der Waals surface area contributed by atoms with Crippen LogP contribution in [0.5, 0.6) is 0 Å². The molecule has 1 amide bonds. The normalized spacial score (nSPS) is 13.9. The zero-order chi connectivity index (χ0) is 27.0. The van der Waals surface area contributed by atoms with Crippen LogP contribution < -0.4 is 15.8 Å². The van der Waals surface area contributed by atoms with Crippen LogP contribution in [0.1, 0.15) is 52.6 Å². The Morgan fingerprint density at radius 2 is 1.89 bits per heavy atom. The second kappa shape index (κ2) is 10.4. The lowest BCUT2D eigenvalue weighted by Crippen LogP contribution is -2.37. The molecule has 4 heterocycles. The molecular weight excluding hydrogens is 480 g/mol. The van der Waals surface area contributed by atoms with Gasteiger partial charge in [-0.15, -0.1) is 0 Å². The first-order valence-electron chi connectivity index (χ1n) is 13.0. The Bertz CT molecular complexity index is 1560. The number of nitrogens with zero attached hydrogens (tertiary/aromatic N) is 4. The maximum Gasteiger partial charge on any atom is 0.253 e. The summed E-state index contributed by atoms with van der Waals surface area (Å²) in [5, 5.41) is 3.89. The first-order valence-corrected chi connectivity index (χ1v) is 13.0. The number of hydrogen-bond donors (Lipinski definition) is 2. The number of aromatic nitrogens is 4. The highest BCUT2D eigenvalue weighted by atomic mass is 16.5. The van der Waals surface area contributed by atoms with Crippen LogP contribution in [0.15, 0.2) is 41.5 Å². The van der Waals surface area contributed by atoms with Crippen molar-refractivity contribution in [1.29, 1.82) is 0 Å². The van der Waals surface area contributed by atoms with E-state index >= 15 is 0 Å². The number of ether oxygens (including phenoxy) is 1. The number of hydrogen-bond acceptors (Lipinski definition) is 6. The van der Waals surface area contributed by atoms with E-state index in [1.54, 1.807) is 6.20 Å². The van der Waals surface area contributed by atoms with Gasteiger partial charge in [-0.3, -0.25) is 9.59 Å². The van der Waals surface area contributed by atoms with Gasteiger partial charge in [0.2, 0.25) is 5.95 Å². The van der Waals surface area contributed by atoms with Crippen molar-refractivity contribution in [3.05, 3.63) is 75.0 Å². The van der Waals surface area contributed by atoms with E-state index in [1.807, 2.05) is 39.0 Å². The van der Waals surface area contributed by atoms with Gasteiger partial charge in [0.25, 0.3) is 11.5 Å². The lowest BCUT2D eigenvalue weighted by atomic mass is 10.0. The molecule has 1 fully saturated rings. The Morgan fingerprint density at radius 1 is 1.13 bits per heavy atom. The highest BCUT2D eigenvalue weighted by Gasteiger charge is 2.21. The average molecular weight is 515 g/mol. The topological polar surface area (TPSA) is 105 Å². The lowest BCUT2D eigenvalue weighted by Gasteiger charge is -2.26. The van der Waals surface area contributed by atoms with Gasteiger partial charge in [0.15, 0.2) is 0 Å². The second-order valence-corrected chi connectivity index (χ2v) is 10.2. The molecule has 2 N–H and O–H groups in total. The predicted octanol–water partition coefficient (Wildman–Crippen LogP) is 4.06. The van der Waals surface area contributed by atoms with Crippen molar-refractivity contribution in [3.63, 3.8) is 0 Å². The number of nitrogens with one attached hydrogen (secondary N) is 2. The van der Waals surface area contributed by atoms with Gasteiger partial charge >= 0.3 is 0 Å². The van der Waals surface area contributed by atoms with Crippen LogP contribution in [0.4, 0.5) is 5.95 Å². The fourth-order valence-electron chi connectivity index (χ4n) is 5.13. The molecule has 0 radical (unpaired) electrons. The number of anilines is 1. The minimum Gasteiger partial charge on any atom is -0.378 e. The van der Waals surface area contributed by atoms with Crippen molar-refractivity contribution >= 4 is 22.8 Å². The van der Waals surface area contributed by atoms with Crippen LogP contribution in [0.2, 0.25) is 0 Å². The molecule has 4 aromatic rings. The smallest absolute Gasteiger partial charge is 0.253 e. The molecule has 0 unspecified atom stereocenters. The molecule has 0 spiro atoms. The maximum absolute atomic E-state index is 13.7. The summed E-state index contributed by atoms with van der Waals surface area (Å²) < 4.78 is 7.66. The molecule has 1 aliphatic heterocycles.